The number of esters is 2. The Labute approximate surface area is 172 Å². The quantitative estimate of drug-likeness (QED) is 0.170. The summed E-state index contributed by atoms with van der Waals surface area (Å²) >= 11 is 0. The molecule has 0 aromatic rings. The molecule has 0 aliphatic heterocycles. The average Bonchev–Trinajstić information content (AvgIpc) is 3.21. The van der Waals surface area contributed by atoms with Crippen LogP contribution in [0.4, 0.5) is 0 Å². The second kappa shape index (κ2) is 16.6. The highest BCUT2D eigenvalue weighted by molar-refractivity contribution is 5.72. The van der Waals surface area contributed by atoms with Crippen LogP contribution in [0.2, 0.25) is 0 Å². The summed E-state index contributed by atoms with van der Waals surface area (Å²) in [6, 6.07) is 0. The maximum Gasteiger partial charge on any atom is 0.306 e. The smallest absolute Gasteiger partial charge is 0.306 e. The predicted molar refractivity (Wildman–Crippen MR) is 114 cm³/mol. The van der Waals surface area contributed by atoms with Crippen LogP contribution in [0.15, 0.2) is 12.2 Å². The van der Waals surface area contributed by atoms with E-state index in [0.717, 1.165) is 19.3 Å². The zero-order valence-electron chi connectivity index (χ0n) is 18.3. The lowest BCUT2D eigenvalue weighted by Gasteiger charge is -2.19. The molecule has 4 nitrogen and oxygen atoms in total. The lowest BCUT2D eigenvalue weighted by Crippen LogP contribution is -2.22. The number of carbonyl (C=O) groups excluding carboxylic acids is 2. The summed E-state index contributed by atoms with van der Waals surface area (Å²) in [5, 5.41) is 0. The van der Waals surface area contributed by atoms with E-state index in [9.17, 15) is 9.59 Å². The summed E-state index contributed by atoms with van der Waals surface area (Å²) < 4.78 is 10.7. The molecule has 0 aromatic heterocycles. The van der Waals surface area contributed by atoms with Gasteiger partial charge in [0.25, 0.3) is 0 Å². The van der Waals surface area contributed by atoms with Gasteiger partial charge >= 0.3 is 11.9 Å². The molecule has 0 saturated heterocycles. The molecular formula is C24H42O4. The van der Waals surface area contributed by atoms with Crippen LogP contribution in [0, 0.1) is 5.92 Å². The van der Waals surface area contributed by atoms with Gasteiger partial charge in [-0.2, -0.15) is 0 Å². The van der Waals surface area contributed by atoms with Gasteiger partial charge in [0.2, 0.25) is 0 Å². The molecule has 0 amide bonds. The maximum absolute atomic E-state index is 11.9. The van der Waals surface area contributed by atoms with Crippen LogP contribution < -0.4 is 0 Å². The molecule has 0 bridgehead atoms. The number of unbranched alkanes of at least 4 members (excludes halogenated alkanes) is 7. The molecule has 0 aromatic carbocycles. The van der Waals surface area contributed by atoms with Gasteiger partial charge in [-0.3, -0.25) is 9.59 Å². The Morgan fingerprint density at radius 1 is 0.893 bits per heavy atom. The van der Waals surface area contributed by atoms with Crippen molar-refractivity contribution in [2.24, 2.45) is 5.92 Å². The van der Waals surface area contributed by atoms with E-state index in [1.54, 1.807) is 0 Å². The summed E-state index contributed by atoms with van der Waals surface area (Å²) in [6.07, 6.45) is 20.1. The van der Waals surface area contributed by atoms with Gasteiger partial charge in [0.1, 0.15) is 12.7 Å². The molecule has 0 spiro atoms. The zero-order chi connectivity index (χ0) is 20.5. The summed E-state index contributed by atoms with van der Waals surface area (Å²) in [5.41, 5.74) is 0. The molecule has 1 aliphatic carbocycles. The minimum absolute atomic E-state index is 0.00318. The summed E-state index contributed by atoms with van der Waals surface area (Å²) in [5.74, 6) is 0.0840. The van der Waals surface area contributed by atoms with Crippen LogP contribution >= 0.6 is 0 Å². The number of hydrogen-bond donors (Lipinski definition) is 0. The van der Waals surface area contributed by atoms with Crippen molar-refractivity contribution in [3.8, 4) is 0 Å². The predicted octanol–water partition coefficient (Wildman–Crippen LogP) is 6.52. The van der Waals surface area contributed by atoms with E-state index >= 15 is 0 Å². The normalized spacial score (nSPS) is 15.8. The Morgan fingerprint density at radius 2 is 1.54 bits per heavy atom. The van der Waals surface area contributed by atoms with Gasteiger partial charge in [-0.1, -0.05) is 70.4 Å². The molecule has 4 heteroatoms. The average molecular weight is 395 g/mol. The van der Waals surface area contributed by atoms with Crippen LogP contribution in [-0.2, 0) is 19.1 Å². The molecule has 1 fully saturated rings. The summed E-state index contributed by atoms with van der Waals surface area (Å²) in [4.78, 5) is 23.6. The zero-order valence-corrected chi connectivity index (χ0v) is 18.3. The second-order valence-electron chi connectivity index (χ2n) is 8.16. The van der Waals surface area contributed by atoms with Crippen LogP contribution in [0.5, 0.6) is 0 Å². The molecular weight excluding hydrogens is 352 g/mol. The fraction of sp³-hybridized carbons (Fsp3) is 0.833. The van der Waals surface area contributed by atoms with Gasteiger partial charge in [0.15, 0.2) is 0 Å². The summed E-state index contributed by atoms with van der Waals surface area (Å²) in [7, 11) is 0. The van der Waals surface area contributed by atoms with Crippen molar-refractivity contribution in [3.05, 3.63) is 12.2 Å². The Kier molecular flexibility index (Phi) is 14.7. The highest BCUT2D eigenvalue weighted by atomic mass is 16.5. The van der Waals surface area contributed by atoms with Crippen LogP contribution in [0.3, 0.4) is 0 Å². The molecule has 162 valence electrons. The number of rotatable bonds is 16. The highest BCUT2D eigenvalue weighted by Crippen LogP contribution is 2.29. The van der Waals surface area contributed by atoms with Gasteiger partial charge in [0.05, 0.1) is 0 Å². The SMILES string of the molecule is CCCCCCCCC/C=C/COC(=O)CCCC(=O)OC(C)C1CCCC1. The number of carbonyl (C=O) groups is 2. The third kappa shape index (κ3) is 13.0. The van der Waals surface area contributed by atoms with Gasteiger partial charge in [-0.15, -0.1) is 0 Å². The van der Waals surface area contributed by atoms with Crippen molar-refractivity contribution in [3.63, 3.8) is 0 Å². The van der Waals surface area contributed by atoms with Crippen LogP contribution in [0.25, 0.3) is 0 Å². The number of ether oxygens (including phenoxy) is 2. The highest BCUT2D eigenvalue weighted by Gasteiger charge is 2.24. The monoisotopic (exact) mass is 394 g/mol. The van der Waals surface area contributed by atoms with E-state index in [4.69, 9.17) is 9.47 Å². The van der Waals surface area contributed by atoms with Crippen molar-refractivity contribution in [2.75, 3.05) is 6.61 Å². The van der Waals surface area contributed by atoms with Crippen LogP contribution in [0.1, 0.15) is 110 Å². The van der Waals surface area contributed by atoms with E-state index in [0.29, 0.717) is 25.4 Å². The first-order chi connectivity index (χ1) is 13.6. The first-order valence-corrected chi connectivity index (χ1v) is 11.6. The van der Waals surface area contributed by atoms with E-state index < -0.39 is 0 Å². The molecule has 1 aliphatic rings. The van der Waals surface area contributed by atoms with Crippen LogP contribution in [-0.4, -0.2) is 24.6 Å². The Balaban J connectivity index is 1.92. The van der Waals surface area contributed by atoms with E-state index in [2.05, 4.69) is 13.0 Å². The first-order valence-electron chi connectivity index (χ1n) is 11.6. The fourth-order valence-corrected chi connectivity index (χ4v) is 3.78. The largest absolute Gasteiger partial charge is 0.462 e. The van der Waals surface area contributed by atoms with Gasteiger partial charge in [-0.25, -0.2) is 0 Å². The minimum atomic E-state index is -0.239. The van der Waals surface area contributed by atoms with Crippen molar-refractivity contribution >= 4 is 11.9 Å². The number of allylic oxidation sites excluding steroid dienone is 1. The third-order valence-corrected chi connectivity index (χ3v) is 5.62. The molecule has 28 heavy (non-hydrogen) atoms. The standard InChI is InChI=1S/C24H42O4/c1-3-4-5-6-7-8-9-10-11-14-20-27-23(25)18-15-19-24(26)28-21(2)22-16-12-13-17-22/h11,14,21-22H,3-10,12-13,15-20H2,1-2H3/b14-11+. The van der Waals surface area contributed by atoms with E-state index in [-0.39, 0.29) is 24.5 Å². The topological polar surface area (TPSA) is 52.6 Å². The lowest BCUT2D eigenvalue weighted by molar-refractivity contribution is -0.151. The van der Waals surface area contributed by atoms with Crippen molar-refractivity contribution in [2.45, 2.75) is 116 Å². The molecule has 1 saturated carbocycles. The first kappa shape index (κ1) is 24.7. The summed E-state index contributed by atoms with van der Waals surface area (Å²) in [6.45, 7) is 4.56. The minimum Gasteiger partial charge on any atom is -0.462 e. The Bertz CT molecular complexity index is 438. The molecule has 1 atom stereocenters. The third-order valence-electron chi connectivity index (χ3n) is 5.62. The van der Waals surface area contributed by atoms with Gasteiger partial charge in [-0.05, 0) is 44.9 Å². The lowest BCUT2D eigenvalue weighted by atomic mass is 10.0. The van der Waals surface area contributed by atoms with Gasteiger partial charge in [0, 0.05) is 12.8 Å². The fourth-order valence-electron chi connectivity index (χ4n) is 3.78. The molecule has 0 radical (unpaired) electrons. The molecule has 0 N–H and O–H groups in total. The van der Waals surface area contributed by atoms with Crippen molar-refractivity contribution in [1.29, 1.82) is 0 Å². The molecule has 1 unspecified atom stereocenters. The van der Waals surface area contributed by atoms with Crippen molar-refractivity contribution in [1.82, 2.24) is 0 Å². The van der Waals surface area contributed by atoms with E-state index in [1.807, 2.05) is 13.0 Å². The van der Waals surface area contributed by atoms with E-state index in [1.165, 1.54) is 57.8 Å². The second-order valence-corrected chi connectivity index (χ2v) is 8.16. The van der Waals surface area contributed by atoms with Crippen molar-refractivity contribution < 1.29 is 19.1 Å². The number of hydrogen-bond acceptors (Lipinski definition) is 4. The van der Waals surface area contributed by atoms with Gasteiger partial charge < -0.3 is 9.47 Å². The molecule has 0 heterocycles. The molecule has 1 rings (SSSR count). The Hall–Kier alpha value is -1.32. The maximum atomic E-state index is 11.9. The Morgan fingerprint density at radius 3 is 2.25 bits per heavy atom.